The zero-order valence-electron chi connectivity index (χ0n) is 12.4. The molecule has 9 heteroatoms. The predicted molar refractivity (Wildman–Crippen MR) is 94.0 cm³/mol. The maximum absolute atomic E-state index is 11.8. The molecule has 0 aromatic carbocycles. The number of thioether (sulfide) groups is 1. The second kappa shape index (κ2) is 7.96. The maximum Gasteiger partial charge on any atom is 0.258 e. The molecule has 22 heavy (non-hydrogen) atoms. The first-order chi connectivity index (χ1) is 9.91. The first-order valence-corrected chi connectivity index (χ1v) is 8.49. The van der Waals surface area contributed by atoms with Crippen molar-refractivity contribution in [3.63, 3.8) is 0 Å². The molecule has 6 nitrogen and oxygen atoms in total. The Morgan fingerprint density at radius 1 is 1.55 bits per heavy atom. The van der Waals surface area contributed by atoms with E-state index in [9.17, 15) is 9.59 Å². The lowest BCUT2D eigenvalue weighted by molar-refractivity contribution is -0.120. The number of halogens is 1. The molecule has 0 atom stereocenters. The molecule has 0 saturated carbocycles. The standard InChI is InChI=1S/C13H18N4O2S2.ClH/c1-13(2,8-14)16-10(18)7-20-6-9-5-11(19)17-3-4-21-12(17)15-9;/h3-5H,6-8,14H2,1-2H3,(H,16,18);1H. The van der Waals surface area contributed by atoms with Gasteiger partial charge in [-0.15, -0.1) is 35.5 Å². The monoisotopic (exact) mass is 362 g/mol. The van der Waals surface area contributed by atoms with Gasteiger partial charge in [0.25, 0.3) is 5.56 Å². The van der Waals surface area contributed by atoms with Crippen LogP contribution < -0.4 is 16.6 Å². The van der Waals surface area contributed by atoms with Crippen LogP contribution in [-0.2, 0) is 10.5 Å². The number of fused-ring (bicyclic) bond motifs is 1. The summed E-state index contributed by atoms with van der Waals surface area (Å²) in [5, 5.41) is 4.68. The number of amides is 1. The van der Waals surface area contributed by atoms with E-state index in [-0.39, 0.29) is 23.9 Å². The van der Waals surface area contributed by atoms with Crippen LogP contribution in [0.1, 0.15) is 19.5 Å². The van der Waals surface area contributed by atoms with Gasteiger partial charge in [-0.05, 0) is 13.8 Å². The Kier molecular flexibility index (Phi) is 6.86. The lowest BCUT2D eigenvalue weighted by Crippen LogP contribution is -2.49. The number of nitrogens with zero attached hydrogens (tertiary/aromatic N) is 2. The van der Waals surface area contributed by atoms with E-state index in [1.807, 2.05) is 19.2 Å². The molecule has 1 amide bonds. The highest BCUT2D eigenvalue weighted by atomic mass is 35.5. The molecule has 0 bridgehead atoms. The van der Waals surface area contributed by atoms with E-state index in [2.05, 4.69) is 10.3 Å². The maximum atomic E-state index is 11.8. The minimum atomic E-state index is -0.398. The topological polar surface area (TPSA) is 89.5 Å². The summed E-state index contributed by atoms with van der Waals surface area (Å²) in [6, 6.07) is 1.51. The summed E-state index contributed by atoms with van der Waals surface area (Å²) in [5.74, 6) is 0.777. The molecule has 2 rings (SSSR count). The number of rotatable bonds is 6. The van der Waals surface area contributed by atoms with Crippen LogP contribution in [0.3, 0.4) is 0 Å². The van der Waals surface area contributed by atoms with Crippen molar-refractivity contribution < 1.29 is 4.79 Å². The zero-order chi connectivity index (χ0) is 15.5. The highest BCUT2D eigenvalue weighted by molar-refractivity contribution is 7.99. The predicted octanol–water partition coefficient (Wildman–Crippen LogP) is 1.26. The SMILES string of the molecule is CC(C)(CN)NC(=O)CSCc1cc(=O)n2ccsc2n1.Cl. The molecule has 0 fully saturated rings. The van der Waals surface area contributed by atoms with Gasteiger partial charge in [0.1, 0.15) is 0 Å². The first-order valence-electron chi connectivity index (χ1n) is 6.46. The Labute approximate surface area is 142 Å². The van der Waals surface area contributed by atoms with Crippen LogP contribution in [0.4, 0.5) is 0 Å². The Balaban J connectivity index is 0.00000242. The van der Waals surface area contributed by atoms with E-state index in [1.54, 1.807) is 6.20 Å². The van der Waals surface area contributed by atoms with Gasteiger partial charge in [-0.1, -0.05) is 0 Å². The third-order valence-corrected chi connectivity index (χ3v) is 4.55. The molecule has 0 aliphatic carbocycles. The third-order valence-electron chi connectivity index (χ3n) is 2.83. The number of nitrogens with two attached hydrogens (primary N) is 1. The minimum absolute atomic E-state index is 0. The minimum Gasteiger partial charge on any atom is -0.349 e. The van der Waals surface area contributed by atoms with Crippen LogP contribution in [-0.4, -0.2) is 33.1 Å². The summed E-state index contributed by atoms with van der Waals surface area (Å²) in [4.78, 5) is 28.7. The molecular weight excluding hydrogens is 344 g/mol. The molecule has 0 saturated heterocycles. The molecule has 0 aliphatic heterocycles. The summed E-state index contributed by atoms with van der Waals surface area (Å²) in [5.41, 5.74) is 5.77. The van der Waals surface area contributed by atoms with Gasteiger partial charge in [-0.25, -0.2) is 4.98 Å². The lowest BCUT2D eigenvalue weighted by atomic mass is 10.1. The van der Waals surface area contributed by atoms with Gasteiger partial charge in [0.05, 0.1) is 11.4 Å². The Morgan fingerprint density at radius 2 is 2.27 bits per heavy atom. The first kappa shape index (κ1) is 19.0. The molecule has 2 aromatic heterocycles. The van der Waals surface area contributed by atoms with Gasteiger partial charge in [0.2, 0.25) is 5.91 Å². The summed E-state index contributed by atoms with van der Waals surface area (Å²) >= 11 is 2.84. The number of aromatic nitrogens is 2. The van der Waals surface area contributed by atoms with Crippen LogP contribution in [0, 0.1) is 0 Å². The molecule has 0 aliphatic rings. The van der Waals surface area contributed by atoms with Crippen molar-refractivity contribution in [1.29, 1.82) is 0 Å². The van der Waals surface area contributed by atoms with Gasteiger partial charge < -0.3 is 11.1 Å². The number of hydrogen-bond donors (Lipinski definition) is 2. The largest absolute Gasteiger partial charge is 0.349 e. The van der Waals surface area contributed by atoms with Crippen molar-refractivity contribution >= 4 is 46.4 Å². The second-order valence-electron chi connectivity index (χ2n) is 5.27. The lowest BCUT2D eigenvalue weighted by Gasteiger charge is -2.23. The molecular formula is C13H19ClN4O2S2. The van der Waals surface area contributed by atoms with Crippen molar-refractivity contribution in [3.8, 4) is 0 Å². The van der Waals surface area contributed by atoms with Crippen LogP contribution in [0.25, 0.3) is 4.96 Å². The fourth-order valence-corrected chi connectivity index (χ4v) is 3.13. The van der Waals surface area contributed by atoms with Gasteiger partial charge in [-0.3, -0.25) is 14.0 Å². The van der Waals surface area contributed by atoms with Crippen molar-refractivity contribution in [2.75, 3.05) is 12.3 Å². The van der Waals surface area contributed by atoms with Crippen molar-refractivity contribution in [3.05, 3.63) is 33.7 Å². The van der Waals surface area contributed by atoms with Crippen LogP contribution >= 0.6 is 35.5 Å². The number of nitrogens with one attached hydrogen (secondary N) is 1. The average Bonchev–Trinajstić information content (AvgIpc) is 2.87. The molecule has 0 radical (unpaired) electrons. The molecule has 0 unspecified atom stereocenters. The van der Waals surface area contributed by atoms with Gasteiger partial charge in [-0.2, -0.15) is 0 Å². The summed E-state index contributed by atoms with van der Waals surface area (Å²) < 4.78 is 1.51. The average molecular weight is 363 g/mol. The van der Waals surface area contributed by atoms with Crippen LogP contribution in [0.2, 0.25) is 0 Å². The summed E-state index contributed by atoms with van der Waals surface area (Å²) in [6.45, 7) is 4.14. The second-order valence-corrected chi connectivity index (χ2v) is 7.13. The molecule has 0 spiro atoms. The van der Waals surface area contributed by atoms with Gasteiger partial charge in [0.15, 0.2) is 4.96 Å². The smallest absolute Gasteiger partial charge is 0.258 e. The van der Waals surface area contributed by atoms with E-state index in [0.29, 0.717) is 28.7 Å². The van der Waals surface area contributed by atoms with Gasteiger partial charge in [0, 0.05) is 35.5 Å². The van der Waals surface area contributed by atoms with E-state index >= 15 is 0 Å². The molecule has 3 N–H and O–H groups in total. The Morgan fingerprint density at radius 3 is 2.95 bits per heavy atom. The fraction of sp³-hybridized carbons (Fsp3) is 0.462. The zero-order valence-corrected chi connectivity index (χ0v) is 14.8. The molecule has 2 heterocycles. The van der Waals surface area contributed by atoms with Crippen molar-refractivity contribution in [2.45, 2.75) is 25.1 Å². The number of hydrogen-bond acceptors (Lipinski definition) is 6. The van der Waals surface area contributed by atoms with Crippen molar-refractivity contribution in [1.82, 2.24) is 14.7 Å². The fourth-order valence-electron chi connectivity index (χ4n) is 1.67. The quantitative estimate of drug-likeness (QED) is 0.807. The molecule has 2 aromatic rings. The van der Waals surface area contributed by atoms with Gasteiger partial charge >= 0.3 is 0 Å². The van der Waals surface area contributed by atoms with E-state index in [0.717, 1.165) is 0 Å². The number of carbonyl (C=O) groups excluding carboxylic acids is 1. The van der Waals surface area contributed by atoms with Crippen molar-refractivity contribution in [2.24, 2.45) is 5.73 Å². The van der Waals surface area contributed by atoms with Crippen LogP contribution in [0.5, 0.6) is 0 Å². The Bertz CT molecular complexity index is 699. The number of carbonyl (C=O) groups is 1. The highest BCUT2D eigenvalue weighted by Gasteiger charge is 2.17. The number of thiazole rings is 1. The van der Waals surface area contributed by atoms with E-state index in [1.165, 1.54) is 33.6 Å². The highest BCUT2D eigenvalue weighted by Crippen LogP contribution is 2.12. The van der Waals surface area contributed by atoms with Crippen LogP contribution in [0.15, 0.2) is 22.4 Å². The summed E-state index contributed by atoms with van der Waals surface area (Å²) in [6.07, 6.45) is 1.70. The van der Waals surface area contributed by atoms with E-state index < -0.39 is 5.54 Å². The normalized spacial score (nSPS) is 11.2. The third kappa shape index (κ3) is 4.98. The molecule has 122 valence electrons. The Hall–Kier alpha value is -1.09. The summed E-state index contributed by atoms with van der Waals surface area (Å²) in [7, 11) is 0. The van der Waals surface area contributed by atoms with E-state index in [4.69, 9.17) is 5.73 Å².